The number of nitrogens with zero attached hydrogens (tertiary/aromatic N) is 2. The van der Waals surface area contributed by atoms with Gasteiger partial charge >= 0.3 is 5.76 Å². The highest BCUT2D eigenvalue weighted by Gasteiger charge is 2.13. The van der Waals surface area contributed by atoms with E-state index in [1.807, 2.05) is 13.8 Å². The maximum Gasteiger partial charge on any atom is 0.419 e. The van der Waals surface area contributed by atoms with Gasteiger partial charge in [-0.1, -0.05) is 6.92 Å². The Labute approximate surface area is 136 Å². The summed E-state index contributed by atoms with van der Waals surface area (Å²) < 4.78 is 6.45. The first-order valence-electron chi connectivity index (χ1n) is 7.32. The van der Waals surface area contributed by atoms with Gasteiger partial charge in [0.25, 0.3) is 5.91 Å². The average molecular weight is 331 g/mol. The molecule has 0 aliphatic rings. The van der Waals surface area contributed by atoms with Gasteiger partial charge in [0.15, 0.2) is 5.58 Å². The highest BCUT2D eigenvalue weighted by atomic mass is 32.1. The fourth-order valence-electron chi connectivity index (χ4n) is 2.46. The van der Waals surface area contributed by atoms with Gasteiger partial charge in [-0.25, -0.2) is 9.78 Å². The molecule has 0 unspecified atom stereocenters. The predicted octanol–water partition coefficient (Wildman–Crippen LogP) is 2.39. The van der Waals surface area contributed by atoms with E-state index in [2.05, 4.69) is 10.3 Å². The molecule has 7 heteroatoms. The normalized spacial score (nSPS) is 11.1. The second-order valence-electron chi connectivity index (χ2n) is 5.25. The SMILES string of the molecule is CCc1nc(C)sc1CNC(=O)c1ccc2oc(=O)n(C)c2c1. The Morgan fingerprint density at radius 2 is 2.22 bits per heavy atom. The number of rotatable bonds is 4. The lowest BCUT2D eigenvalue weighted by Gasteiger charge is -2.05. The van der Waals surface area contributed by atoms with Crippen LogP contribution in [0.1, 0.15) is 32.9 Å². The van der Waals surface area contributed by atoms with Crippen LogP contribution in [-0.2, 0) is 20.0 Å². The van der Waals surface area contributed by atoms with Crippen LogP contribution >= 0.6 is 11.3 Å². The first-order valence-corrected chi connectivity index (χ1v) is 8.14. The Morgan fingerprint density at radius 3 is 2.96 bits per heavy atom. The lowest BCUT2D eigenvalue weighted by molar-refractivity contribution is 0.0951. The number of amides is 1. The van der Waals surface area contributed by atoms with Crippen LogP contribution in [0.2, 0.25) is 0 Å². The summed E-state index contributed by atoms with van der Waals surface area (Å²) in [7, 11) is 1.61. The van der Waals surface area contributed by atoms with Gasteiger partial charge in [-0.15, -0.1) is 11.3 Å². The van der Waals surface area contributed by atoms with Crippen molar-refractivity contribution in [2.75, 3.05) is 0 Å². The van der Waals surface area contributed by atoms with E-state index >= 15 is 0 Å². The van der Waals surface area contributed by atoms with E-state index in [9.17, 15) is 9.59 Å². The summed E-state index contributed by atoms with van der Waals surface area (Å²) >= 11 is 1.60. The van der Waals surface area contributed by atoms with E-state index < -0.39 is 5.76 Å². The predicted molar refractivity (Wildman–Crippen MR) is 88.9 cm³/mol. The van der Waals surface area contributed by atoms with E-state index in [4.69, 9.17) is 4.42 Å². The first-order chi connectivity index (χ1) is 11.0. The highest BCUT2D eigenvalue weighted by molar-refractivity contribution is 7.11. The zero-order chi connectivity index (χ0) is 16.6. The summed E-state index contributed by atoms with van der Waals surface area (Å²) in [6.45, 7) is 4.46. The average Bonchev–Trinajstić information content (AvgIpc) is 3.04. The number of benzene rings is 1. The summed E-state index contributed by atoms with van der Waals surface area (Å²) in [5.74, 6) is -0.626. The van der Waals surface area contributed by atoms with E-state index in [0.29, 0.717) is 23.2 Å². The molecule has 2 heterocycles. The molecule has 120 valence electrons. The van der Waals surface area contributed by atoms with Gasteiger partial charge in [-0.3, -0.25) is 9.36 Å². The number of carbonyl (C=O) groups excluding carboxylic acids is 1. The second kappa shape index (κ2) is 6.00. The molecule has 23 heavy (non-hydrogen) atoms. The van der Waals surface area contributed by atoms with Crippen molar-refractivity contribution in [1.29, 1.82) is 0 Å². The zero-order valence-corrected chi connectivity index (χ0v) is 14.0. The molecule has 6 nitrogen and oxygen atoms in total. The van der Waals surface area contributed by atoms with Gasteiger partial charge in [0, 0.05) is 17.5 Å². The van der Waals surface area contributed by atoms with Crippen molar-refractivity contribution in [2.24, 2.45) is 7.05 Å². The molecule has 0 atom stereocenters. The fourth-order valence-corrected chi connectivity index (χ4v) is 3.42. The summed E-state index contributed by atoms with van der Waals surface area (Å²) in [5, 5.41) is 3.91. The smallest absolute Gasteiger partial charge is 0.408 e. The quantitative estimate of drug-likeness (QED) is 0.796. The van der Waals surface area contributed by atoms with Gasteiger partial charge in [0.05, 0.1) is 22.8 Å². The molecule has 1 aromatic carbocycles. The lowest BCUT2D eigenvalue weighted by Crippen LogP contribution is -2.22. The number of hydrogen-bond donors (Lipinski definition) is 1. The molecule has 3 rings (SSSR count). The molecule has 2 aromatic heterocycles. The Morgan fingerprint density at radius 1 is 1.43 bits per heavy atom. The number of thiazole rings is 1. The molecule has 0 saturated heterocycles. The number of aromatic nitrogens is 2. The lowest BCUT2D eigenvalue weighted by atomic mass is 10.2. The first kappa shape index (κ1) is 15.5. The van der Waals surface area contributed by atoms with Crippen molar-refractivity contribution in [3.63, 3.8) is 0 Å². The monoisotopic (exact) mass is 331 g/mol. The topological polar surface area (TPSA) is 77.1 Å². The Bertz CT molecular complexity index is 936. The molecule has 0 radical (unpaired) electrons. The third-order valence-corrected chi connectivity index (χ3v) is 4.70. The van der Waals surface area contributed by atoms with E-state index in [1.54, 1.807) is 36.6 Å². The number of aryl methyl sites for hydroxylation is 3. The summed E-state index contributed by atoms with van der Waals surface area (Å²) in [6.07, 6.45) is 0.846. The van der Waals surface area contributed by atoms with Gasteiger partial charge in [0.1, 0.15) is 0 Å². The Kier molecular flexibility index (Phi) is 4.04. The molecule has 0 saturated carbocycles. The molecular weight excluding hydrogens is 314 g/mol. The van der Waals surface area contributed by atoms with Crippen LogP contribution in [0.15, 0.2) is 27.4 Å². The minimum Gasteiger partial charge on any atom is -0.408 e. The Hall–Kier alpha value is -2.41. The molecule has 0 spiro atoms. The molecule has 0 aliphatic carbocycles. The van der Waals surface area contributed by atoms with E-state index in [0.717, 1.165) is 22.0 Å². The minimum absolute atomic E-state index is 0.186. The highest BCUT2D eigenvalue weighted by Crippen LogP contribution is 2.19. The molecule has 1 amide bonds. The van der Waals surface area contributed by atoms with Crippen LogP contribution in [0, 0.1) is 6.92 Å². The second-order valence-corrected chi connectivity index (χ2v) is 6.54. The van der Waals surface area contributed by atoms with Gasteiger partial charge < -0.3 is 9.73 Å². The van der Waals surface area contributed by atoms with Crippen molar-refractivity contribution < 1.29 is 9.21 Å². The van der Waals surface area contributed by atoms with Gasteiger partial charge in [0.2, 0.25) is 0 Å². The molecule has 3 aromatic rings. The summed E-state index contributed by atoms with van der Waals surface area (Å²) in [4.78, 5) is 29.4. The fraction of sp³-hybridized carbons (Fsp3) is 0.312. The summed E-state index contributed by atoms with van der Waals surface area (Å²) in [6, 6.07) is 4.95. The largest absolute Gasteiger partial charge is 0.419 e. The van der Waals surface area contributed by atoms with Crippen molar-refractivity contribution in [1.82, 2.24) is 14.9 Å². The van der Waals surface area contributed by atoms with Crippen LogP contribution < -0.4 is 11.1 Å². The molecule has 0 fully saturated rings. The number of hydrogen-bond acceptors (Lipinski definition) is 5. The van der Waals surface area contributed by atoms with Crippen molar-refractivity contribution in [3.05, 3.63) is 49.9 Å². The van der Waals surface area contributed by atoms with Crippen LogP contribution in [0.5, 0.6) is 0 Å². The maximum atomic E-state index is 12.3. The minimum atomic E-state index is -0.440. The standard InChI is InChI=1S/C16H17N3O3S/c1-4-11-14(23-9(2)18-11)8-17-15(20)10-5-6-13-12(7-10)19(3)16(21)22-13/h5-7H,4,8H2,1-3H3,(H,17,20). The third-order valence-electron chi connectivity index (χ3n) is 3.68. The molecule has 0 bridgehead atoms. The van der Waals surface area contributed by atoms with Crippen molar-refractivity contribution in [2.45, 2.75) is 26.8 Å². The molecular formula is C16H17N3O3S. The molecule has 1 N–H and O–H groups in total. The van der Waals surface area contributed by atoms with Gasteiger partial charge in [-0.05, 0) is 31.5 Å². The molecule has 0 aliphatic heterocycles. The van der Waals surface area contributed by atoms with Crippen LogP contribution in [0.3, 0.4) is 0 Å². The van der Waals surface area contributed by atoms with Crippen LogP contribution in [-0.4, -0.2) is 15.5 Å². The zero-order valence-electron chi connectivity index (χ0n) is 13.2. The van der Waals surface area contributed by atoms with E-state index in [1.165, 1.54) is 4.57 Å². The number of carbonyl (C=O) groups is 1. The van der Waals surface area contributed by atoms with Crippen molar-refractivity contribution in [3.8, 4) is 0 Å². The third kappa shape index (κ3) is 2.92. The van der Waals surface area contributed by atoms with E-state index in [-0.39, 0.29) is 5.91 Å². The number of oxazole rings is 1. The maximum absolute atomic E-state index is 12.3. The number of nitrogens with one attached hydrogen (secondary N) is 1. The van der Waals surface area contributed by atoms with Crippen LogP contribution in [0.4, 0.5) is 0 Å². The van der Waals surface area contributed by atoms with Crippen molar-refractivity contribution >= 4 is 28.3 Å². The summed E-state index contributed by atoms with van der Waals surface area (Å²) in [5.41, 5.74) is 2.60. The van der Waals surface area contributed by atoms with Crippen LogP contribution in [0.25, 0.3) is 11.1 Å². The number of fused-ring (bicyclic) bond motifs is 1. The van der Waals surface area contributed by atoms with Gasteiger partial charge in [-0.2, -0.15) is 0 Å². The Balaban J connectivity index is 1.80.